The summed E-state index contributed by atoms with van der Waals surface area (Å²) in [4.78, 5) is 0. The SMILES string of the molecule is C/C=C/CNC1COc2ccccc21. The van der Waals surface area contributed by atoms with Crippen LogP contribution in [-0.4, -0.2) is 13.2 Å². The number of rotatable bonds is 3. The van der Waals surface area contributed by atoms with Crippen LogP contribution in [0.1, 0.15) is 18.5 Å². The second kappa shape index (κ2) is 4.29. The number of nitrogens with one attached hydrogen (secondary N) is 1. The van der Waals surface area contributed by atoms with E-state index >= 15 is 0 Å². The monoisotopic (exact) mass is 189 g/mol. The van der Waals surface area contributed by atoms with Crippen molar-refractivity contribution in [3.8, 4) is 5.75 Å². The Balaban J connectivity index is 2.03. The lowest BCUT2D eigenvalue weighted by Gasteiger charge is -2.08. The van der Waals surface area contributed by atoms with E-state index in [0.717, 1.165) is 18.9 Å². The highest BCUT2D eigenvalue weighted by molar-refractivity contribution is 5.39. The zero-order chi connectivity index (χ0) is 9.80. The molecule has 0 fully saturated rings. The van der Waals surface area contributed by atoms with Crippen LogP contribution in [0.15, 0.2) is 36.4 Å². The molecule has 0 spiro atoms. The molecule has 0 radical (unpaired) electrons. The molecule has 14 heavy (non-hydrogen) atoms. The molecule has 74 valence electrons. The highest BCUT2D eigenvalue weighted by atomic mass is 16.5. The molecule has 0 amide bonds. The van der Waals surface area contributed by atoms with E-state index < -0.39 is 0 Å². The van der Waals surface area contributed by atoms with Crippen LogP contribution >= 0.6 is 0 Å². The van der Waals surface area contributed by atoms with Gasteiger partial charge in [0, 0.05) is 12.1 Å². The van der Waals surface area contributed by atoms with Crippen LogP contribution in [0.4, 0.5) is 0 Å². The van der Waals surface area contributed by atoms with Gasteiger partial charge >= 0.3 is 0 Å². The number of hydrogen-bond donors (Lipinski definition) is 1. The van der Waals surface area contributed by atoms with Crippen LogP contribution in [0.5, 0.6) is 5.75 Å². The molecule has 0 saturated carbocycles. The fraction of sp³-hybridized carbons (Fsp3) is 0.333. The summed E-state index contributed by atoms with van der Waals surface area (Å²) in [7, 11) is 0. The average molecular weight is 189 g/mol. The predicted octanol–water partition coefficient (Wildman–Crippen LogP) is 2.29. The average Bonchev–Trinajstić information content (AvgIpc) is 2.63. The molecular formula is C12H15NO. The first-order chi connectivity index (χ1) is 6.92. The molecule has 2 heteroatoms. The van der Waals surface area contributed by atoms with Crippen molar-refractivity contribution in [1.82, 2.24) is 5.32 Å². The summed E-state index contributed by atoms with van der Waals surface area (Å²) in [6, 6.07) is 8.55. The molecule has 0 bridgehead atoms. The zero-order valence-corrected chi connectivity index (χ0v) is 8.36. The molecule has 2 nitrogen and oxygen atoms in total. The molecule has 1 heterocycles. The number of hydrogen-bond acceptors (Lipinski definition) is 2. The van der Waals surface area contributed by atoms with Crippen LogP contribution in [0.25, 0.3) is 0 Å². The highest BCUT2D eigenvalue weighted by Crippen LogP contribution is 2.31. The minimum Gasteiger partial charge on any atom is -0.491 e. The fourth-order valence-corrected chi connectivity index (χ4v) is 1.66. The molecule has 1 aromatic rings. The van der Waals surface area contributed by atoms with Gasteiger partial charge in [-0.05, 0) is 13.0 Å². The van der Waals surface area contributed by atoms with E-state index in [-0.39, 0.29) is 0 Å². The smallest absolute Gasteiger partial charge is 0.124 e. The first-order valence-corrected chi connectivity index (χ1v) is 4.98. The van der Waals surface area contributed by atoms with Crippen LogP contribution < -0.4 is 10.1 Å². The predicted molar refractivity (Wildman–Crippen MR) is 57.5 cm³/mol. The van der Waals surface area contributed by atoms with Gasteiger partial charge in [-0.2, -0.15) is 0 Å². The van der Waals surface area contributed by atoms with E-state index in [0.29, 0.717) is 6.04 Å². The molecule has 1 atom stereocenters. The third-order valence-corrected chi connectivity index (χ3v) is 2.42. The molecule has 1 aromatic carbocycles. The molecule has 1 unspecified atom stereocenters. The maximum atomic E-state index is 5.56. The normalized spacial score (nSPS) is 19.6. The highest BCUT2D eigenvalue weighted by Gasteiger charge is 2.21. The molecule has 1 aliphatic rings. The Morgan fingerprint density at radius 2 is 2.36 bits per heavy atom. The molecule has 0 aliphatic carbocycles. The summed E-state index contributed by atoms with van der Waals surface area (Å²) in [6.45, 7) is 3.68. The summed E-state index contributed by atoms with van der Waals surface area (Å²) in [5.74, 6) is 1.02. The first-order valence-electron chi connectivity index (χ1n) is 4.98. The summed E-state index contributed by atoms with van der Waals surface area (Å²) < 4.78 is 5.56. The van der Waals surface area contributed by atoms with Gasteiger partial charge in [0.25, 0.3) is 0 Å². The Morgan fingerprint density at radius 1 is 1.50 bits per heavy atom. The second-order valence-corrected chi connectivity index (χ2v) is 3.38. The van der Waals surface area contributed by atoms with E-state index in [4.69, 9.17) is 4.74 Å². The number of benzene rings is 1. The molecule has 1 N–H and O–H groups in total. The van der Waals surface area contributed by atoms with Crippen LogP contribution in [0.2, 0.25) is 0 Å². The fourth-order valence-electron chi connectivity index (χ4n) is 1.66. The van der Waals surface area contributed by atoms with Gasteiger partial charge < -0.3 is 10.1 Å². The number of allylic oxidation sites excluding steroid dienone is 1. The third kappa shape index (κ3) is 1.80. The van der Waals surface area contributed by atoms with Gasteiger partial charge in [-0.25, -0.2) is 0 Å². The minimum atomic E-state index is 0.349. The first kappa shape index (κ1) is 9.28. The molecule has 2 rings (SSSR count). The van der Waals surface area contributed by atoms with Gasteiger partial charge in [0.2, 0.25) is 0 Å². The topological polar surface area (TPSA) is 21.3 Å². The Morgan fingerprint density at radius 3 is 3.21 bits per heavy atom. The molecular weight excluding hydrogens is 174 g/mol. The lowest BCUT2D eigenvalue weighted by Crippen LogP contribution is -2.22. The van der Waals surface area contributed by atoms with Crippen molar-refractivity contribution >= 4 is 0 Å². The minimum absolute atomic E-state index is 0.349. The van der Waals surface area contributed by atoms with Crippen molar-refractivity contribution in [2.75, 3.05) is 13.2 Å². The van der Waals surface area contributed by atoms with Gasteiger partial charge in [0.15, 0.2) is 0 Å². The Kier molecular flexibility index (Phi) is 2.84. The number of fused-ring (bicyclic) bond motifs is 1. The van der Waals surface area contributed by atoms with E-state index in [9.17, 15) is 0 Å². The third-order valence-electron chi connectivity index (χ3n) is 2.42. The summed E-state index contributed by atoms with van der Waals surface area (Å²) in [6.07, 6.45) is 4.16. The van der Waals surface area contributed by atoms with Crippen molar-refractivity contribution in [3.63, 3.8) is 0 Å². The Labute approximate surface area is 84.6 Å². The molecule has 1 aliphatic heterocycles. The lowest BCUT2D eigenvalue weighted by atomic mass is 10.1. The van der Waals surface area contributed by atoms with E-state index in [1.54, 1.807) is 0 Å². The van der Waals surface area contributed by atoms with Gasteiger partial charge in [0.05, 0.1) is 6.04 Å². The standard InChI is InChI=1S/C12H15NO/c1-2-3-8-13-11-9-14-12-7-5-4-6-10(11)12/h2-7,11,13H,8-9H2,1H3/b3-2+. The van der Waals surface area contributed by atoms with E-state index in [1.807, 2.05) is 19.1 Å². The van der Waals surface area contributed by atoms with Gasteiger partial charge in [-0.15, -0.1) is 0 Å². The lowest BCUT2D eigenvalue weighted by molar-refractivity contribution is 0.315. The molecule has 0 saturated heterocycles. The van der Waals surface area contributed by atoms with Crippen molar-refractivity contribution in [1.29, 1.82) is 0 Å². The Bertz CT molecular complexity index is 333. The van der Waals surface area contributed by atoms with E-state index in [1.165, 1.54) is 5.56 Å². The summed E-state index contributed by atoms with van der Waals surface area (Å²) >= 11 is 0. The maximum Gasteiger partial charge on any atom is 0.124 e. The maximum absolute atomic E-state index is 5.56. The van der Waals surface area contributed by atoms with Crippen molar-refractivity contribution in [2.24, 2.45) is 0 Å². The van der Waals surface area contributed by atoms with E-state index in [2.05, 4.69) is 29.6 Å². The van der Waals surface area contributed by atoms with Crippen LogP contribution in [-0.2, 0) is 0 Å². The van der Waals surface area contributed by atoms with Crippen molar-refractivity contribution in [2.45, 2.75) is 13.0 Å². The van der Waals surface area contributed by atoms with Crippen molar-refractivity contribution in [3.05, 3.63) is 42.0 Å². The Hall–Kier alpha value is -1.28. The molecule has 0 aromatic heterocycles. The summed E-state index contributed by atoms with van der Waals surface area (Å²) in [5.41, 5.74) is 1.28. The quantitative estimate of drug-likeness (QED) is 0.736. The van der Waals surface area contributed by atoms with Gasteiger partial charge in [0.1, 0.15) is 12.4 Å². The zero-order valence-electron chi connectivity index (χ0n) is 8.36. The number of ether oxygens (including phenoxy) is 1. The van der Waals surface area contributed by atoms with Crippen LogP contribution in [0.3, 0.4) is 0 Å². The van der Waals surface area contributed by atoms with Gasteiger partial charge in [-0.3, -0.25) is 0 Å². The summed E-state index contributed by atoms with van der Waals surface area (Å²) in [5, 5.41) is 3.43. The van der Waals surface area contributed by atoms with Crippen LogP contribution in [0, 0.1) is 0 Å². The number of para-hydroxylation sites is 1. The van der Waals surface area contributed by atoms with Gasteiger partial charge in [-0.1, -0.05) is 30.4 Å². The largest absolute Gasteiger partial charge is 0.491 e. The second-order valence-electron chi connectivity index (χ2n) is 3.38. The van der Waals surface area contributed by atoms with Crippen molar-refractivity contribution < 1.29 is 4.74 Å².